The number of halogens is 1. The number of nitrogens with zero attached hydrogens (tertiary/aromatic N) is 2. The van der Waals surface area contributed by atoms with Gasteiger partial charge in [0.05, 0.1) is 29.5 Å². The number of fused-ring (bicyclic) bond motifs is 2. The summed E-state index contributed by atoms with van der Waals surface area (Å²) in [5.74, 6) is -0.617. The van der Waals surface area contributed by atoms with Crippen LogP contribution in [0, 0.1) is 0 Å². The van der Waals surface area contributed by atoms with Gasteiger partial charge in [0.2, 0.25) is 5.82 Å². The molecular formula is C29H18ClN3O5. The number of benzene rings is 4. The maximum absolute atomic E-state index is 13.5. The lowest BCUT2D eigenvalue weighted by molar-refractivity contribution is 0.0602. The van der Waals surface area contributed by atoms with E-state index in [9.17, 15) is 9.59 Å². The van der Waals surface area contributed by atoms with E-state index in [4.69, 9.17) is 25.3 Å². The molecule has 2 bridgehead atoms. The fraction of sp³-hybridized carbons (Fsp3) is 0.0345. The fourth-order valence-electron chi connectivity index (χ4n) is 4.26. The van der Waals surface area contributed by atoms with E-state index in [1.165, 1.54) is 7.11 Å². The molecular weight excluding hydrogens is 506 g/mol. The van der Waals surface area contributed by atoms with Gasteiger partial charge in [-0.2, -0.15) is 4.98 Å². The van der Waals surface area contributed by atoms with E-state index in [1.807, 2.05) is 36.4 Å². The Hall–Kier alpha value is -4.95. The Morgan fingerprint density at radius 3 is 2.37 bits per heavy atom. The summed E-state index contributed by atoms with van der Waals surface area (Å²) >= 11 is 5.98. The smallest absolute Gasteiger partial charge is 0.339 e. The first-order valence-electron chi connectivity index (χ1n) is 11.6. The summed E-state index contributed by atoms with van der Waals surface area (Å²) in [6.45, 7) is 0. The zero-order chi connectivity index (χ0) is 26.2. The van der Waals surface area contributed by atoms with Crippen molar-refractivity contribution in [2.75, 3.05) is 12.4 Å². The van der Waals surface area contributed by atoms with Crippen molar-refractivity contribution in [2.45, 2.75) is 0 Å². The van der Waals surface area contributed by atoms with Gasteiger partial charge in [-0.15, -0.1) is 0 Å². The second-order valence-electron chi connectivity index (χ2n) is 8.42. The quantitative estimate of drug-likeness (QED) is 0.235. The number of carbonyl (C=O) groups is 2. The molecule has 3 heterocycles. The van der Waals surface area contributed by atoms with Gasteiger partial charge in [-0.05, 0) is 59.7 Å². The number of carbonyl (C=O) groups excluding carboxylic acids is 2. The first-order chi connectivity index (χ1) is 18.5. The lowest BCUT2D eigenvalue weighted by atomic mass is 10.0. The molecule has 0 saturated heterocycles. The minimum atomic E-state index is -0.581. The van der Waals surface area contributed by atoms with Gasteiger partial charge < -0.3 is 19.0 Å². The first kappa shape index (κ1) is 23.4. The highest BCUT2D eigenvalue weighted by molar-refractivity contribution is 6.30. The van der Waals surface area contributed by atoms with Crippen LogP contribution in [0.1, 0.15) is 20.7 Å². The molecule has 0 aliphatic heterocycles. The summed E-state index contributed by atoms with van der Waals surface area (Å²) in [6, 6.07) is 25.2. The third-order valence-corrected chi connectivity index (χ3v) is 6.35. The van der Waals surface area contributed by atoms with Crippen LogP contribution < -0.4 is 5.32 Å². The number of nitrogens with one attached hydrogen (secondary N) is 1. The number of ether oxygens (including phenoxy) is 1. The first-order valence-corrected chi connectivity index (χ1v) is 11.9. The number of amides is 1. The molecule has 0 aliphatic carbocycles. The van der Waals surface area contributed by atoms with Crippen molar-refractivity contribution >= 4 is 40.3 Å². The van der Waals surface area contributed by atoms with Crippen LogP contribution in [0.5, 0.6) is 0 Å². The van der Waals surface area contributed by atoms with Gasteiger partial charge in [-0.25, -0.2) is 4.79 Å². The number of hydrogen-bond donors (Lipinski definition) is 1. The highest BCUT2D eigenvalue weighted by atomic mass is 35.5. The van der Waals surface area contributed by atoms with Gasteiger partial charge in [0.1, 0.15) is 11.2 Å². The van der Waals surface area contributed by atoms with Crippen molar-refractivity contribution in [1.82, 2.24) is 10.1 Å². The second-order valence-corrected chi connectivity index (χ2v) is 8.85. The minimum Gasteiger partial charge on any atom is -0.465 e. The SMILES string of the molecule is COC(=O)c1cc(-c2ccccc2)ccc1NC(=O)c1c(-c2nc(-c3ccc(Cl)cc3)no2)c2ccc1o2. The van der Waals surface area contributed by atoms with Crippen LogP contribution in [0.15, 0.2) is 93.9 Å². The molecule has 6 rings (SSSR count). The highest BCUT2D eigenvalue weighted by Crippen LogP contribution is 2.38. The van der Waals surface area contributed by atoms with Crippen LogP contribution in [0.3, 0.4) is 0 Å². The topological polar surface area (TPSA) is 107 Å². The van der Waals surface area contributed by atoms with Gasteiger partial charge >= 0.3 is 5.97 Å². The van der Waals surface area contributed by atoms with Gasteiger partial charge in [0.15, 0.2) is 0 Å². The van der Waals surface area contributed by atoms with Gasteiger partial charge in [0, 0.05) is 10.6 Å². The molecule has 38 heavy (non-hydrogen) atoms. The zero-order valence-electron chi connectivity index (χ0n) is 19.9. The van der Waals surface area contributed by atoms with E-state index in [-0.39, 0.29) is 22.7 Å². The summed E-state index contributed by atoms with van der Waals surface area (Å²) < 4.78 is 16.3. The molecule has 1 amide bonds. The lowest BCUT2D eigenvalue weighted by Crippen LogP contribution is -2.16. The third kappa shape index (κ3) is 4.16. The molecule has 0 fully saturated rings. The van der Waals surface area contributed by atoms with Crippen LogP contribution in [-0.2, 0) is 4.74 Å². The largest absolute Gasteiger partial charge is 0.465 e. The van der Waals surface area contributed by atoms with Crippen molar-refractivity contribution in [3.8, 4) is 34.0 Å². The maximum Gasteiger partial charge on any atom is 0.339 e. The number of furan rings is 2. The molecule has 3 aromatic carbocycles. The molecule has 9 heteroatoms. The lowest BCUT2D eigenvalue weighted by Gasteiger charge is -2.12. The predicted molar refractivity (Wildman–Crippen MR) is 142 cm³/mol. The summed E-state index contributed by atoms with van der Waals surface area (Å²) in [7, 11) is 1.29. The Morgan fingerprint density at radius 2 is 1.61 bits per heavy atom. The van der Waals surface area contributed by atoms with E-state index >= 15 is 0 Å². The number of esters is 1. The van der Waals surface area contributed by atoms with Crippen LogP contribution >= 0.6 is 11.6 Å². The average Bonchev–Trinajstić information content (AvgIpc) is 3.70. The molecule has 0 saturated carbocycles. The summed E-state index contributed by atoms with van der Waals surface area (Å²) in [6.07, 6.45) is 0. The van der Waals surface area contributed by atoms with Gasteiger partial charge in [0.25, 0.3) is 11.8 Å². The van der Waals surface area contributed by atoms with Crippen molar-refractivity contribution in [3.05, 3.63) is 101 Å². The Labute approximate surface area is 221 Å². The Balaban J connectivity index is 1.35. The van der Waals surface area contributed by atoms with E-state index in [0.29, 0.717) is 33.1 Å². The van der Waals surface area contributed by atoms with Crippen molar-refractivity contribution in [2.24, 2.45) is 0 Å². The van der Waals surface area contributed by atoms with E-state index in [2.05, 4.69) is 15.5 Å². The Kier molecular flexibility index (Phi) is 5.86. The number of rotatable bonds is 6. The standard InChI is InChI=1S/C29H18ClN3O5/c1-36-29(35)20-15-18(16-5-3-2-4-6-16)9-12-21(20)31-27(34)24-22-13-14-23(37-22)25(24)28-32-26(33-38-28)17-7-10-19(30)11-8-17/h2-15H,1H3,(H,31,34). The summed E-state index contributed by atoms with van der Waals surface area (Å²) in [5.41, 5.74) is 4.29. The van der Waals surface area contributed by atoms with Crippen molar-refractivity contribution in [3.63, 3.8) is 0 Å². The van der Waals surface area contributed by atoms with E-state index < -0.39 is 11.9 Å². The molecule has 0 unspecified atom stereocenters. The fourth-order valence-corrected chi connectivity index (χ4v) is 4.39. The summed E-state index contributed by atoms with van der Waals surface area (Å²) in [5, 5.41) is 7.46. The Morgan fingerprint density at radius 1 is 0.868 bits per heavy atom. The minimum absolute atomic E-state index is 0.127. The molecule has 1 N–H and O–H groups in total. The van der Waals surface area contributed by atoms with Gasteiger partial charge in [-0.3, -0.25) is 4.79 Å². The summed E-state index contributed by atoms with van der Waals surface area (Å²) in [4.78, 5) is 30.6. The molecule has 0 radical (unpaired) electrons. The molecule has 6 aromatic rings. The Bertz CT molecular complexity index is 1770. The van der Waals surface area contributed by atoms with E-state index in [0.717, 1.165) is 11.1 Å². The number of methoxy groups -OCH3 is 1. The monoisotopic (exact) mass is 523 g/mol. The average molecular weight is 524 g/mol. The number of anilines is 1. The molecule has 0 aliphatic rings. The van der Waals surface area contributed by atoms with Crippen LogP contribution in [0.4, 0.5) is 5.69 Å². The number of aromatic nitrogens is 2. The van der Waals surface area contributed by atoms with E-state index in [1.54, 1.807) is 48.5 Å². The maximum atomic E-state index is 13.5. The zero-order valence-corrected chi connectivity index (χ0v) is 20.7. The van der Waals surface area contributed by atoms with Gasteiger partial charge in [-0.1, -0.05) is 53.2 Å². The van der Waals surface area contributed by atoms with Crippen LogP contribution in [0.2, 0.25) is 5.02 Å². The molecule has 0 spiro atoms. The van der Waals surface area contributed by atoms with Crippen molar-refractivity contribution in [1.29, 1.82) is 0 Å². The predicted octanol–water partition coefficient (Wildman–Crippen LogP) is 6.95. The molecule has 8 nitrogen and oxygen atoms in total. The number of hydrogen-bond acceptors (Lipinski definition) is 7. The molecule has 3 aromatic heterocycles. The molecule has 0 atom stereocenters. The molecule has 186 valence electrons. The highest BCUT2D eigenvalue weighted by Gasteiger charge is 2.29. The van der Waals surface area contributed by atoms with Crippen LogP contribution in [0.25, 0.3) is 45.1 Å². The normalized spacial score (nSPS) is 11.1. The van der Waals surface area contributed by atoms with Crippen molar-refractivity contribution < 1.29 is 23.3 Å². The van der Waals surface area contributed by atoms with Crippen LogP contribution in [-0.4, -0.2) is 29.1 Å². The third-order valence-electron chi connectivity index (χ3n) is 6.10. The second kappa shape index (κ2) is 9.49.